The molecule has 356 valence electrons. The van der Waals surface area contributed by atoms with Crippen molar-refractivity contribution in [2.24, 2.45) is 11.7 Å². The fourth-order valence-electron chi connectivity index (χ4n) is 5.68. The van der Waals surface area contributed by atoms with Gasteiger partial charge < -0.3 is 49.3 Å². The van der Waals surface area contributed by atoms with Crippen LogP contribution >= 0.6 is 44.3 Å². The Morgan fingerprint density at radius 1 is 0.734 bits per heavy atom. The van der Waals surface area contributed by atoms with Gasteiger partial charge in [0.2, 0.25) is 5.91 Å². The summed E-state index contributed by atoms with van der Waals surface area (Å²) in [6.45, 7) is 10.4. The number of aliphatic hydroxyl groups is 1. The largest absolute Gasteiger partial charge is 0.493 e. The fraction of sp³-hybridized carbons (Fsp3) is 0.533. The van der Waals surface area contributed by atoms with Crippen LogP contribution in [-0.4, -0.2) is 113 Å². The molecule has 64 heavy (non-hydrogen) atoms. The van der Waals surface area contributed by atoms with Crippen LogP contribution in [0.1, 0.15) is 92.5 Å². The number of esters is 2. The molecule has 2 aromatic carbocycles. The minimum atomic E-state index is -1.07. The molecule has 1 amide bonds. The summed E-state index contributed by atoms with van der Waals surface area (Å²) in [4.78, 5) is 65.5. The van der Waals surface area contributed by atoms with Crippen LogP contribution in [0, 0.1) is 5.92 Å². The number of hydrogen-bond acceptors (Lipinski definition) is 18. The molecule has 0 saturated heterocycles. The predicted octanol–water partition coefficient (Wildman–Crippen LogP) is 8.49. The highest BCUT2D eigenvalue weighted by atomic mass is 33.1. The smallest absolute Gasteiger partial charge is 0.306 e. The van der Waals surface area contributed by atoms with E-state index in [2.05, 4.69) is 19.2 Å². The van der Waals surface area contributed by atoms with Crippen molar-refractivity contribution in [1.82, 2.24) is 5.32 Å². The number of nitrogens with two attached hydrogens (primary N) is 1. The van der Waals surface area contributed by atoms with Gasteiger partial charge in [0.15, 0.2) is 34.6 Å². The number of methoxy groups -OCH3 is 4. The van der Waals surface area contributed by atoms with Crippen molar-refractivity contribution in [2.45, 2.75) is 85.0 Å². The van der Waals surface area contributed by atoms with Gasteiger partial charge in [0.1, 0.15) is 18.4 Å². The summed E-state index contributed by atoms with van der Waals surface area (Å²) in [6, 6.07) is 10.7. The van der Waals surface area contributed by atoms with Crippen LogP contribution in [0.3, 0.4) is 0 Å². The van der Waals surface area contributed by atoms with Gasteiger partial charge in [0, 0.05) is 66.1 Å². The number of thiophene rings is 2. The Bertz CT molecular complexity index is 2020. The van der Waals surface area contributed by atoms with E-state index >= 15 is 0 Å². The van der Waals surface area contributed by atoms with E-state index in [1.807, 2.05) is 13.8 Å². The number of nitrogens with one attached hydrogen (secondary N) is 1. The highest BCUT2D eigenvalue weighted by Gasteiger charge is 2.24. The zero-order valence-corrected chi connectivity index (χ0v) is 41.7. The van der Waals surface area contributed by atoms with Crippen LogP contribution in [0.2, 0.25) is 0 Å². The molecule has 15 nitrogen and oxygen atoms in total. The van der Waals surface area contributed by atoms with Gasteiger partial charge in [0.25, 0.3) is 0 Å². The number of hydrogen-bond donors (Lipinski definition) is 3. The number of fused-ring (bicyclic) bond motifs is 2. The Morgan fingerprint density at radius 2 is 1.22 bits per heavy atom. The summed E-state index contributed by atoms with van der Waals surface area (Å²) in [5.74, 6) is 1.51. The Hall–Kier alpha value is -4.11. The maximum absolute atomic E-state index is 13.1. The first-order valence-corrected chi connectivity index (χ1v) is 24.9. The maximum atomic E-state index is 13.1. The molecule has 4 aromatic rings. The van der Waals surface area contributed by atoms with Crippen LogP contribution in [0.25, 0.3) is 20.2 Å². The van der Waals surface area contributed by atoms with Gasteiger partial charge in [0.05, 0.1) is 57.5 Å². The second-order valence-corrected chi connectivity index (χ2v) is 19.1. The molecule has 4 N–H and O–H groups in total. The van der Waals surface area contributed by atoms with Crippen molar-refractivity contribution in [3.63, 3.8) is 0 Å². The number of benzene rings is 2. The Balaban J connectivity index is 0.00000342. The standard InChI is InChI=1S/C42H54N2O12S4.C2H6.CH4O/c1-25(2)12-14-55-42(3,43)22-39(47)44-13-15-57-58-24-28(56-41(49)11-9-30(46)38-19-27-17-32(51-5)34(53-7)21-36(27)60-38)23-54-40(48)10-8-29(45)37-18-26-16-31(50-4)33(52-6)20-35(26)59-37;2*1-2/h16-21,25,28H,8-15,22-24,43H2,1-7H3,(H,44,47);1-2H3;2H,1H3. The van der Waals surface area contributed by atoms with Crippen LogP contribution in [-0.2, 0) is 28.6 Å². The lowest BCUT2D eigenvalue weighted by Crippen LogP contribution is -2.44. The number of aliphatic hydroxyl groups excluding tert-OH is 1. The predicted molar refractivity (Wildman–Crippen MR) is 258 cm³/mol. The molecular formula is C45H64N2O13S4. The summed E-state index contributed by atoms with van der Waals surface area (Å²) >= 11 is 2.59. The lowest BCUT2D eigenvalue weighted by Gasteiger charge is -2.25. The molecule has 0 fully saturated rings. The normalized spacial score (nSPS) is 12.2. The summed E-state index contributed by atoms with van der Waals surface area (Å²) in [5, 5.41) is 11.5. The van der Waals surface area contributed by atoms with Crippen LogP contribution < -0.4 is 30.0 Å². The molecule has 2 heterocycles. The van der Waals surface area contributed by atoms with E-state index in [1.54, 1.807) is 43.3 Å². The number of carbonyl (C=O) groups excluding carboxylic acids is 5. The van der Waals surface area contributed by atoms with E-state index in [0.29, 0.717) is 57.6 Å². The van der Waals surface area contributed by atoms with Gasteiger partial charge in [-0.25, -0.2) is 0 Å². The molecule has 0 aliphatic carbocycles. The lowest BCUT2D eigenvalue weighted by molar-refractivity contribution is -0.157. The van der Waals surface area contributed by atoms with E-state index in [0.717, 1.165) is 33.7 Å². The molecule has 0 saturated carbocycles. The van der Waals surface area contributed by atoms with Gasteiger partial charge in [-0.3, -0.25) is 24.0 Å². The number of amides is 1. The zero-order valence-electron chi connectivity index (χ0n) is 38.5. The van der Waals surface area contributed by atoms with E-state index in [-0.39, 0.29) is 61.9 Å². The number of ketones is 2. The van der Waals surface area contributed by atoms with Crippen LogP contribution in [0.4, 0.5) is 0 Å². The molecule has 0 spiro atoms. The molecule has 0 aliphatic rings. The van der Waals surface area contributed by atoms with Crippen LogP contribution in [0.15, 0.2) is 36.4 Å². The quantitative estimate of drug-likeness (QED) is 0.0168. The summed E-state index contributed by atoms with van der Waals surface area (Å²) in [6.07, 6.45) is -0.496. The van der Waals surface area contributed by atoms with E-state index in [1.165, 1.54) is 72.7 Å². The lowest BCUT2D eigenvalue weighted by atomic mass is 10.1. The Kier molecular flexibility index (Phi) is 25.8. The Labute approximate surface area is 392 Å². The molecule has 0 bridgehead atoms. The highest BCUT2D eigenvalue weighted by Crippen LogP contribution is 2.38. The van der Waals surface area contributed by atoms with Crippen molar-refractivity contribution in [3.05, 3.63) is 46.2 Å². The third-order valence-corrected chi connectivity index (χ3v) is 13.7. The minimum Gasteiger partial charge on any atom is -0.493 e. The van der Waals surface area contributed by atoms with Crippen molar-refractivity contribution < 1.29 is 62.2 Å². The summed E-state index contributed by atoms with van der Waals surface area (Å²) in [5.41, 5.74) is 5.08. The molecular weight excluding hydrogens is 905 g/mol. The first-order valence-electron chi connectivity index (χ1n) is 20.8. The van der Waals surface area contributed by atoms with Gasteiger partial charge in [-0.1, -0.05) is 49.3 Å². The van der Waals surface area contributed by atoms with Gasteiger partial charge in [-0.2, -0.15) is 0 Å². The van der Waals surface area contributed by atoms with Crippen LogP contribution in [0.5, 0.6) is 23.0 Å². The van der Waals surface area contributed by atoms with E-state index in [9.17, 15) is 24.0 Å². The fourth-order valence-corrected chi connectivity index (χ4v) is 9.82. The molecule has 0 aliphatic heterocycles. The van der Waals surface area contributed by atoms with Crippen molar-refractivity contribution in [2.75, 3.05) is 66.8 Å². The van der Waals surface area contributed by atoms with Gasteiger partial charge in [-0.15, -0.1) is 22.7 Å². The van der Waals surface area contributed by atoms with E-state index in [4.69, 9.17) is 44.0 Å². The number of Topliss-reactive ketones (excluding diaryl/α,β-unsaturated/α-hetero) is 2. The number of ether oxygens (including phenoxy) is 7. The second-order valence-electron chi connectivity index (χ2n) is 14.3. The highest BCUT2D eigenvalue weighted by molar-refractivity contribution is 8.76. The summed E-state index contributed by atoms with van der Waals surface area (Å²) in [7, 11) is 9.96. The molecule has 2 unspecified atom stereocenters. The Morgan fingerprint density at radius 3 is 1.70 bits per heavy atom. The molecule has 0 radical (unpaired) electrons. The molecule has 2 atom stereocenters. The van der Waals surface area contributed by atoms with Gasteiger partial charge in [-0.05, 0) is 54.3 Å². The third-order valence-electron chi connectivity index (χ3n) is 8.92. The minimum absolute atomic E-state index is 0.0152. The first-order chi connectivity index (χ1) is 30.6. The second kappa shape index (κ2) is 29.4. The molecule has 19 heteroatoms. The van der Waals surface area contributed by atoms with Crippen molar-refractivity contribution >= 4 is 93.8 Å². The SMILES string of the molecule is CC.CO.COc1cc2cc(C(=O)CCC(=O)OCC(CSSCCNC(=O)CC(C)(N)OCCC(C)C)OC(=O)CCC(=O)c3cc4cc(OC)c(OC)cc4s3)sc2cc1OC. The first kappa shape index (κ1) is 56.0. The van der Waals surface area contributed by atoms with Gasteiger partial charge >= 0.3 is 11.9 Å². The number of rotatable bonds is 27. The maximum Gasteiger partial charge on any atom is 0.306 e. The van der Waals surface area contributed by atoms with Crippen molar-refractivity contribution in [3.8, 4) is 23.0 Å². The zero-order chi connectivity index (χ0) is 47.8. The number of carbonyl (C=O) groups is 5. The summed E-state index contributed by atoms with van der Waals surface area (Å²) < 4.78 is 40.0. The third kappa shape index (κ3) is 18.8. The average molecular weight is 969 g/mol. The molecule has 4 rings (SSSR count). The average Bonchev–Trinajstić information content (AvgIpc) is 3.91. The monoisotopic (exact) mass is 968 g/mol. The van der Waals surface area contributed by atoms with Crippen molar-refractivity contribution in [1.29, 1.82) is 0 Å². The topological polar surface area (TPSA) is 208 Å². The van der Waals surface area contributed by atoms with E-state index < -0.39 is 23.8 Å². The molecule has 2 aromatic heterocycles.